The van der Waals surface area contributed by atoms with E-state index in [2.05, 4.69) is 41.3 Å². The van der Waals surface area contributed by atoms with E-state index in [-0.39, 0.29) is 6.61 Å². The number of aliphatic hydroxyl groups excluding tert-OH is 1. The predicted octanol–water partition coefficient (Wildman–Crippen LogP) is 2.71. The molecule has 0 amide bonds. The summed E-state index contributed by atoms with van der Waals surface area (Å²) in [6.07, 6.45) is 4.47. The summed E-state index contributed by atoms with van der Waals surface area (Å²) in [4.78, 5) is 4.68. The molecule has 0 saturated carbocycles. The minimum absolute atomic E-state index is 0.206. The van der Waals surface area contributed by atoms with Crippen LogP contribution in [-0.2, 0) is 19.4 Å². The van der Waals surface area contributed by atoms with Gasteiger partial charge < -0.3 is 9.67 Å². The molecular formula is C15H20N2O. The topological polar surface area (TPSA) is 38.0 Å². The van der Waals surface area contributed by atoms with Crippen molar-refractivity contribution in [3.63, 3.8) is 0 Å². The molecule has 0 saturated heterocycles. The van der Waals surface area contributed by atoms with Crippen LogP contribution in [0.25, 0.3) is 11.0 Å². The van der Waals surface area contributed by atoms with Crippen LogP contribution >= 0.6 is 0 Å². The second-order valence-electron chi connectivity index (χ2n) is 4.43. The Morgan fingerprint density at radius 1 is 1.44 bits per heavy atom. The normalized spacial score (nSPS) is 11.0. The molecule has 96 valence electrons. The highest BCUT2D eigenvalue weighted by Gasteiger charge is 2.09. The Labute approximate surface area is 108 Å². The summed E-state index contributed by atoms with van der Waals surface area (Å²) in [6, 6.07) is 6.43. The second-order valence-corrected chi connectivity index (χ2v) is 4.43. The first-order valence-electron chi connectivity index (χ1n) is 6.50. The van der Waals surface area contributed by atoms with Crippen LogP contribution in [0, 0.1) is 0 Å². The fourth-order valence-electron chi connectivity index (χ4n) is 2.21. The highest BCUT2D eigenvalue weighted by atomic mass is 16.2. The average Bonchev–Trinajstić information content (AvgIpc) is 2.74. The molecule has 1 N–H and O–H groups in total. The predicted molar refractivity (Wildman–Crippen MR) is 74.7 cm³/mol. The molecule has 0 aliphatic carbocycles. The van der Waals surface area contributed by atoms with Crippen LogP contribution in [0.2, 0.25) is 0 Å². The van der Waals surface area contributed by atoms with Gasteiger partial charge in [0.05, 0.1) is 11.0 Å². The van der Waals surface area contributed by atoms with Crippen LogP contribution in [0.1, 0.15) is 24.7 Å². The van der Waals surface area contributed by atoms with E-state index >= 15 is 0 Å². The molecule has 0 aliphatic rings. The molecule has 3 nitrogen and oxygen atoms in total. The lowest BCUT2D eigenvalue weighted by Gasteiger charge is -2.05. The van der Waals surface area contributed by atoms with E-state index in [1.54, 1.807) is 0 Å². The molecular weight excluding hydrogens is 224 g/mol. The molecule has 0 atom stereocenters. The van der Waals surface area contributed by atoms with Gasteiger partial charge in [0.15, 0.2) is 0 Å². The van der Waals surface area contributed by atoms with Crippen LogP contribution in [0.4, 0.5) is 0 Å². The molecule has 0 radical (unpaired) electrons. The summed E-state index contributed by atoms with van der Waals surface area (Å²) in [5.41, 5.74) is 3.50. The minimum atomic E-state index is 0.206. The molecule has 18 heavy (non-hydrogen) atoms. The van der Waals surface area contributed by atoms with E-state index in [1.165, 1.54) is 5.56 Å². The van der Waals surface area contributed by atoms with Gasteiger partial charge in [-0.05, 0) is 30.5 Å². The highest BCUT2D eigenvalue weighted by molar-refractivity contribution is 5.77. The number of nitrogens with zero attached hydrogens (tertiary/aromatic N) is 2. The van der Waals surface area contributed by atoms with Crippen molar-refractivity contribution in [2.24, 2.45) is 0 Å². The number of hydrogen-bond acceptors (Lipinski definition) is 2. The third-order valence-corrected chi connectivity index (χ3v) is 3.17. The van der Waals surface area contributed by atoms with E-state index in [4.69, 9.17) is 5.11 Å². The van der Waals surface area contributed by atoms with Crippen LogP contribution in [0.3, 0.4) is 0 Å². The van der Waals surface area contributed by atoms with Crippen LogP contribution < -0.4 is 0 Å². The van der Waals surface area contributed by atoms with E-state index in [0.29, 0.717) is 0 Å². The Hall–Kier alpha value is -1.61. The largest absolute Gasteiger partial charge is 0.396 e. The number of aromatic nitrogens is 2. The van der Waals surface area contributed by atoms with Gasteiger partial charge in [0, 0.05) is 19.6 Å². The maximum Gasteiger partial charge on any atom is 0.110 e. The van der Waals surface area contributed by atoms with Gasteiger partial charge in [0.2, 0.25) is 0 Å². The SMILES string of the molecule is C=CCn1c(CCCO)nc2cc(CC)ccc21. The fourth-order valence-corrected chi connectivity index (χ4v) is 2.21. The van der Waals surface area contributed by atoms with Crippen molar-refractivity contribution >= 4 is 11.0 Å². The Morgan fingerprint density at radius 3 is 2.94 bits per heavy atom. The third kappa shape index (κ3) is 2.46. The van der Waals surface area contributed by atoms with Gasteiger partial charge in [-0.15, -0.1) is 6.58 Å². The van der Waals surface area contributed by atoms with Crippen molar-refractivity contribution < 1.29 is 5.11 Å². The van der Waals surface area contributed by atoms with Crippen molar-refractivity contribution in [2.75, 3.05) is 6.61 Å². The van der Waals surface area contributed by atoms with Crippen LogP contribution in [-0.4, -0.2) is 21.3 Å². The number of rotatable bonds is 6. The number of allylic oxidation sites excluding steroid dienone is 1. The standard InChI is InChI=1S/C15H20N2O/c1-3-9-17-14-8-7-12(4-2)11-13(14)16-15(17)6-5-10-18/h3,7-8,11,18H,1,4-6,9-10H2,2H3. The maximum atomic E-state index is 8.95. The van der Waals surface area contributed by atoms with Gasteiger partial charge in [-0.1, -0.05) is 19.1 Å². The zero-order valence-electron chi connectivity index (χ0n) is 10.9. The smallest absolute Gasteiger partial charge is 0.110 e. The van der Waals surface area contributed by atoms with Gasteiger partial charge in [-0.2, -0.15) is 0 Å². The molecule has 2 rings (SSSR count). The molecule has 0 spiro atoms. The van der Waals surface area contributed by atoms with Crippen LogP contribution in [0.5, 0.6) is 0 Å². The van der Waals surface area contributed by atoms with Gasteiger partial charge in [-0.3, -0.25) is 0 Å². The first-order chi connectivity index (χ1) is 8.80. The minimum Gasteiger partial charge on any atom is -0.396 e. The zero-order chi connectivity index (χ0) is 13.0. The van der Waals surface area contributed by atoms with Gasteiger partial charge >= 0.3 is 0 Å². The van der Waals surface area contributed by atoms with E-state index in [9.17, 15) is 0 Å². The zero-order valence-corrected chi connectivity index (χ0v) is 10.9. The fraction of sp³-hybridized carbons (Fsp3) is 0.400. The molecule has 1 aromatic carbocycles. The molecule has 1 aromatic heterocycles. The Morgan fingerprint density at radius 2 is 2.28 bits per heavy atom. The first-order valence-corrected chi connectivity index (χ1v) is 6.50. The number of fused-ring (bicyclic) bond motifs is 1. The lowest BCUT2D eigenvalue weighted by atomic mass is 10.1. The maximum absolute atomic E-state index is 8.95. The highest BCUT2D eigenvalue weighted by Crippen LogP contribution is 2.19. The number of benzene rings is 1. The van der Waals surface area contributed by atoms with Crippen molar-refractivity contribution in [1.29, 1.82) is 0 Å². The molecule has 0 aliphatic heterocycles. The summed E-state index contributed by atoms with van der Waals surface area (Å²) in [5.74, 6) is 1.03. The summed E-state index contributed by atoms with van der Waals surface area (Å²) >= 11 is 0. The Bertz CT molecular complexity index is 543. The lowest BCUT2D eigenvalue weighted by molar-refractivity contribution is 0.287. The first kappa shape index (κ1) is 12.8. The molecule has 0 fully saturated rings. The van der Waals surface area contributed by atoms with Crippen molar-refractivity contribution in [2.45, 2.75) is 32.7 Å². The molecule has 0 unspecified atom stereocenters. The van der Waals surface area contributed by atoms with Crippen molar-refractivity contribution in [3.8, 4) is 0 Å². The van der Waals surface area contributed by atoms with Crippen molar-refractivity contribution in [1.82, 2.24) is 9.55 Å². The number of hydrogen-bond donors (Lipinski definition) is 1. The summed E-state index contributed by atoms with van der Waals surface area (Å²) in [5, 5.41) is 8.95. The number of aryl methyl sites for hydroxylation is 2. The monoisotopic (exact) mass is 244 g/mol. The average molecular weight is 244 g/mol. The molecule has 0 bridgehead atoms. The van der Waals surface area contributed by atoms with E-state index < -0.39 is 0 Å². The van der Waals surface area contributed by atoms with Crippen molar-refractivity contribution in [3.05, 3.63) is 42.2 Å². The third-order valence-electron chi connectivity index (χ3n) is 3.17. The van der Waals surface area contributed by atoms with Crippen LogP contribution in [0.15, 0.2) is 30.9 Å². The second kappa shape index (κ2) is 5.83. The lowest BCUT2D eigenvalue weighted by Crippen LogP contribution is -2.03. The Kier molecular flexibility index (Phi) is 4.15. The summed E-state index contributed by atoms with van der Waals surface area (Å²) in [7, 11) is 0. The van der Waals surface area contributed by atoms with E-state index in [1.807, 2.05) is 6.08 Å². The molecule has 1 heterocycles. The molecule has 3 heteroatoms. The number of imidazole rings is 1. The van der Waals surface area contributed by atoms with Gasteiger partial charge in [0.25, 0.3) is 0 Å². The Balaban J connectivity index is 2.47. The molecule has 2 aromatic rings. The summed E-state index contributed by atoms with van der Waals surface area (Å²) in [6.45, 7) is 6.92. The van der Waals surface area contributed by atoms with Gasteiger partial charge in [-0.25, -0.2) is 4.98 Å². The quantitative estimate of drug-likeness (QED) is 0.793. The van der Waals surface area contributed by atoms with Gasteiger partial charge in [0.1, 0.15) is 5.82 Å². The summed E-state index contributed by atoms with van der Waals surface area (Å²) < 4.78 is 2.18. The number of aliphatic hydroxyl groups is 1. The van der Waals surface area contributed by atoms with E-state index in [0.717, 1.165) is 42.7 Å².